The summed E-state index contributed by atoms with van der Waals surface area (Å²) in [4.78, 5) is 26.9. The van der Waals surface area contributed by atoms with Crippen LogP contribution in [0.2, 0.25) is 0 Å². The third kappa shape index (κ3) is 4.31. The molecule has 0 saturated carbocycles. The largest absolute Gasteiger partial charge is 0.480 e. The highest BCUT2D eigenvalue weighted by atomic mass is 16.4. The summed E-state index contributed by atoms with van der Waals surface area (Å²) < 4.78 is 0. The summed E-state index contributed by atoms with van der Waals surface area (Å²) in [6.07, 6.45) is 1.66. The van der Waals surface area contributed by atoms with Crippen LogP contribution in [0.3, 0.4) is 0 Å². The molecule has 0 fully saturated rings. The number of amides is 1. The number of hydrogen-bond donors (Lipinski definition) is 3. The van der Waals surface area contributed by atoms with Gasteiger partial charge in [-0.2, -0.15) is 0 Å². The average molecular weight is 285 g/mol. The van der Waals surface area contributed by atoms with E-state index in [-0.39, 0.29) is 12.5 Å². The molecule has 0 spiro atoms. The van der Waals surface area contributed by atoms with Crippen LogP contribution in [0.4, 0.5) is 5.69 Å². The van der Waals surface area contributed by atoms with Crippen LogP contribution >= 0.6 is 0 Å². The quantitative estimate of drug-likeness (QED) is 0.748. The van der Waals surface area contributed by atoms with Crippen LogP contribution in [-0.2, 0) is 11.3 Å². The second-order valence-corrected chi connectivity index (χ2v) is 4.30. The van der Waals surface area contributed by atoms with E-state index in [1.54, 1.807) is 36.5 Å². The Balaban J connectivity index is 2.03. The van der Waals surface area contributed by atoms with Crippen molar-refractivity contribution in [1.29, 1.82) is 0 Å². The van der Waals surface area contributed by atoms with Crippen molar-refractivity contribution in [3.8, 4) is 0 Å². The molecule has 0 atom stereocenters. The summed E-state index contributed by atoms with van der Waals surface area (Å²) >= 11 is 0. The minimum atomic E-state index is -0.987. The number of carboxylic acids is 1. The summed E-state index contributed by atoms with van der Waals surface area (Å²) in [5.41, 5.74) is 1.63. The lowest BCUT2D eigenvalue weighted by molar-refractivity contribution is -0.134. The molecule has 2 aromatic rings. The van der Waals surface area contributed by atoms with Crippen LogP contribution in [-0.4, -0.2) is 28.5 Å². The number of carbonyl (C=O) groups excluding carboxylic acids is 1. The van der Waals surface area contributed by atoms with E-state index in [9.17, 15) is 9.59 Å². The van der Waals surface area contributed by atoms with Crippen molar-refractivity contribution in [2.24, 2.45) is 0 Å². The standard InChI is InChI=1S/C15H15N3O3/c19-14(20)10-17-13-7-2-1-6-12(13)15(21)18-9-11-5-3-4-8-16-11/h1-8,17H,9-10H2,(H,18,21)(H,19,20). The van der Waals surface area contributed by atoms with Crippen LogP contribution in [0.15, 0.2) is 48.7 Å². The van der Waals surface area contributed by atoms with Gasteiger partial charge in [0.1, 0.15) is 6.54 Å². The zero-order chi connectivity index (χ0) is 15.1. The highest BCUT2D eigenvalue weighted by Gasteiger charge is 2.11. The van der Waals surface area contributed by atoms with E-state index in [1.165, 1.54) is 0 Å². The molecule has 0 saturated heterocycles. The van der Waals surface area contributed by atoms with E-state index in [0.29, 0.717) is 17.8 Å². The monoisotopic (exact) mass is 285 g/mol. The number of carbonyl (C=O) groups is 2. The van der Waals surface area contributed by atoms with Gasteiger partial charge in [-0.05, 0) is 24.3 Å². The third-order valence-corrected chi connectivity index (χ3v) is 2.76. The molecule has 3 N–H and O–H groups in total. The average Bonchev–Trinajstić information content (AvgIpc) is 2.52. The van der Waals surface area contributed by atoms with Crippen LogP contribution in [0.1, 0.15) is 16.1 Å². The minimum absolute atomic E-state index is 0.246. The summed E-state index contributed by atoms with van der Waals surface area (Å²) in [7, 11) is 0. The molecule has 6 heteroatoms. The van der Waals surface area contributed by atoms with Crippen molar-refractivity contribution in [1.82, 2.24) is 10.3 Å². The maximum absolute atomic E-state index is 12.2. The van der Waals surface area contributed by atoms with Gasteiger partial charge in [-0.15, -0.1) is 0 Å². The Hall–Kier alpha value is -2.89. The molecule has 0 radical (unpaired) electrons. The first-order chi connectivity index (χ1) is 10.2. The number of aromatic nitrogens is 1. The summed E-state index contributed by atoms with van der Waals surface area (Å²) in [5, 5.41) is 14.2. The van der Waals surface area contributed by atoms with Crippen molar-refractivity contribution in [2.75, 3.05) is 11.9 Å². The van der Waals surface area contributed by atoms with Crippen LogP contribution < -0.4 is 10.6 Å². The molecular weight excluding hydrogens is 270 g/mol. The first kappa shape index (κ1) is 14.5. The van der Waals surface area contributed by atoms with Gasteiger partial charge in [-0.1, -0.05) is 18.2 Å². The third-order valence-electron chi connectivity index (χ3n) is 2.76. The van der Waals surface area contributed by atoms with Gasteiger partial charge >= 0.3 is 5.97 Å². The second kappa shape index (κ2) is 7.04. The Labute approximate surface area is 121 Å². The van der Waals surface area contributed by atoms with Gasteiger partial charge in [0.05, 0.1) is 17.8 Å². The minimum Gasteiger partial charge on any atom is -0.480 e. The SMILES string of the molecule is O=C(O)CNc1ccccc1C(=O)NCc1ccccn1. The molecule has 1 amide bonds. The Morgan fingerprint density at radius 1 is 1.10 bits per heavy atom. The molecule has 2 rings (SSSR count). The molecule has 0 aliphatic heterocycles. The number of benzene rings is 1. The van der Waals surface area contributed by atoms with Crippen LogP contribution in [0.5, 0.6) is 0 Å². The summed E-state index contributed by atoms with van der Waals surface area (Å²) in [5.74, 6) is -1.27. The van der Waals surface area contributed by atoms with Gasteiger partial charge in [0.2, 0.25) is 0 Å². The molecule has 1 aromatic heterocycles. The smallest absolute Gasteiger partial charge is 0.322 e. The molecule has 1 heterocycles. The predicted molar refractivity (Wildman–Crippen MR) is 78.0 cm³/mol. The predicted octanol–water partition coefficient (Wildman–Crippen LogP) is 1.51. The second-order valence-electron chi connectivity index (χ2n) is 4.30. The first-order valence-electron chi connectivity index (χ1n) is 6.39. The van der Waals surface area contributed by atoms with Crippen molar-refractivity contribution in [3.05, 3.63) is 59.9 Å². The Morgan fingerprint density at radius 2 is 1.86 bits per heavy atom. The highest BCUT2D eigenvalue weighted by molar-refractivity contribution is 5.99. The number of para-hydroxylation sites is 1. The van der Waals surface area contributed by atoms with E-state index in [0.717, 1.165) is 5.69 Å². The molecule has 0 aliphatic carbocycles. The van der Waals surface area contributed by atoms with E-state index >= 15 is 0 Å². The number of anilines is 1. The molecule has 21 heavy (non-hydrogen) atoms. The number of carboxylic acid groups (broad SMARTS) is 1. The number of nitrogens with one attached hydrogen (secondary N) is 2. The fraction of sp³-hybridized carbons (Fsp3) is 0.133. The van der Waals surface area contributed by atoms with E-state index < -0.39 is 5.97 Å². The molecule has 6 nitrogen and oxygen atoms in total. The zero-order valence-electron chi connectivity index (χ0n) is 11.2. The van der Waals surface area contributed by atoms with Gasteiger partial charge in [-0.3, -0.25) is 14.6 Å². The Kier molecular flexibility index (Phi) is 4.87. The molecular formula is C15H15N3O3. The Bertz CT molecular complexity index is 629. The van der Waals surface area contributed by atoms with E-state index in [2.05, 4.69) is 15.6 Å². The lowest BCUT2D eigenvalue weighted by atomic mass is 10.1. The fourth-order valence-corrected chi connectivity index (χ4v) is 1.77. The molecule has 0 aliphatic rings. The summed E-state index contributed by atoms with van der Waals surface area (Å²) in [6, 6.07) is 12.2. The molecule has 0 unspecified atom stereocenters. The van der Waals surface area contributed by atoms with Crippen molar-refractivity contribution < 1.29 is 14.7 Å². The van der Waals surface area contributed by atoms with Gasteiger partial charge in [-0.25, -0.2) is 0 Å². The topological polar surface area (TPSA) is 91.3 Å². The van der Waals surface area contributed by atoms with E-state index in [1.807, 2.05) is 12.1 Å². The fourth-order valence-electron chi connectivity index (χ4n) is 1.77. The number of hydrogen-bond acceptors (Lipinski definition) is 4. The van der Waals surface area contributed by atoms with Crippen molar-refractivity contribution in [3.63, 3.8) is 0 Å². The maximum Gasteiger partial charge on any atom is 0.322 e. The van der Waals surface area contributed by atoms with Crippen LogP contribution in [0.25, 0.3) is 0 Å². The number of aliphatic carboxylic acids is 1. The van der Waals surface area contributed by atoms with Crippen molar-refractivity contribution >= 4 is 17.6 Å². The lowest BCUT2D eigenvalue weighted by Gasteiger charge is -2.10. The zero-order valence-corrected chi connectivity index (χ0v) is 11.2. The lowest BCUT2D eigenvalue weighted by Crippen LogP contribution is -2.25. The van der Waals surface area contributed by atoms with Gasteiger partial charge in [0, 0.05) is 11.9 Å². The maximum atomic E-state index is 12.2. The van der Waals surface area contributed by atoms with E-state index in [4.69, 9.17) is 5.11 Å². The normalized spacial score (nSPS) is 9.90. The van der Waals surface area contributed by atoms with Crippen LogP contribution in [0, 0.1) is 0 Å². The highest BCUT2D eigenvalue weighted by Crippen LogP contribution is 2.14. The number of nitrogens with zero attached hydrogens (tertiary/aromatic N) is 1. The number of pyridine rings is 1. The van der Waals surface area contributed by atoms with Crippen molar-refractivity contribution in [2.45, 2.75) is 6.54 Å². The van der Waals surface area contributed by atoms with Gasteiger partial charge < -0.3 is 15.7 Å². The Morgan fingerprint density at radius 3 is 2.57 bits per heavy atom. The molecule has 1 aromatic carbocycles. The number of rotatable bonds is 6. The molecule has 108 valence electrons. The summed E-state index contributed by atoms with van der Waals surface area (Å²) in [6.45, 7) is 0.0669. The van der Waals surface area contributed by atoms with Gasteiger partial charge in [0.25, 0.3) is 5.91 Å². The van der Waals surface area contributed by atoms with Gasteiger partial charge in [0.15, 0.2) is 0 Å². The molecule has 0 bridgehead atoms. The first-order valence-corrected chi connectivity index (χ1v) is 6.39.